The average molecular weight is 527 g/mol. The Morgan fingerprint density at radius 3 is 2.09 bits per heavy atom. The minimum Gasteiger partial charge on any atom is -0.487 e. The summed E-state index contributed by atoms with van der Waals surface area (Å²) < 4.78 is 105. The normalized spacial score (nSPS) is 21.9. The quantitative estimate of drug-likeness (QED) is 0.593. The molecule has 1 unspecified atom stereocenters. The van der Waals surface area contributed by atoms with Gasteiger partial charge < -0.3 is 14.5 Å². The maximum absolute atomic E-state index is 13.4. The number of allylic oxidation sites excluding steroid dienone is 3. The van der Waals surface area contributed by atoms with E-state index < -0.39 is 52.3 Å². The van der Waals surface area contributed by atoms with E-state index in [2.05, 4.69) is 0 Å². The summed E-state index contributed by atoms with van der Waals surface area (Å²) in [5, 5.41) is 5.17. The van der Waals surface area contributed by atoms with Crippen LogP contribution in [0.1, 0.15) is 18.9 Å². The number of hydrogen-bond donors (Lipinski definition) is 1. The standard InChI is InChI=1S/C21H23F6N3O4S/c1-19(12-16(35(28,32)33)6-7-17(19)34-13-20(22,23)24)18(31)30-10-8-29(9-11-30)15-4-2-14(3-5-15)21(25,26)27/h2-7H,8-13H2,1H3,(H2,28,32,33). The second kappa shape index (κ2) is 9.37. The molecule has 1 aromatic carbocycles. The van der Waals surface area contributed by atoms with Crippen LogP contribution in [0.15, 0.2) is 47.1 Å². The van der Waals surface area contributed by atoms with Crippen LogP contribution in [0.25, 0.3) is 0 Å². The number of ether oxygens (including phenoxy) is 1. The highest BCUT2D eigenvalue weighted by Crippen LogP contribution is 2.42. The van der Waals surface area contributed by atoms with Crippen LogP contribution in [0.3, 0.4) is 0 Å². The van der Waals surface area contributed by atoms with Crippen LogP contribution in [0.4, 0.5) is 32.0 Å². The molecule has 3 rings (SSSR count). The van der Waals surface area contributed by atoms with Crippen molar-refractivity contribution in [2.75, 3.05) is 37.7 Å². The van der Waals surface area contributed by atoms with Gasteiger partial charge in [-0.15, -0.1) is 0 Å². The molecule has 0 aromatic heterocycles. The van der Waals surface area contributed by atoms with Crippen LogP contribution in [0.5, 0.6) is 0 Å². The van der Waals surface area contributed by atoms with Gasteiger partial charge in [0, 0.05) is 38.3 Å². The number of sulfonamides is 1. The summed E-state index contributed by atoms with van der Waals surface area (Å²) in [4.78, 5) is 16.2. The molecular formula is C21H23F6N3O4S. The summed E-state index contributed by atoms with van der Waals surface area (Å²) in [6.07, 6.45) is -7.61. The average Bonchev–Trinajstić information content (AvgIpc) is 2.76. The fraction of sp³-hybridized carbons (Fsp3) is 0.476. The smallest absolute Gasteiger partial charge is 0.422 e. The molecular weight excluding hydrogens is 504 g/mol. The Morgan fingerprint density at radius 2 is 1.60 bits per heavy atom. The first-order valence-corrected chi connectivity index (χ1v) is 11.9. The van der Waals surface area contributed by atoms with Crippen LogP contribution in [-0.2, 0) is 25.7 Å². The molecule has 1 heterocycles. The summed E-state index contributed by atoms with van der Waals surface area (Å²) >= 11 is 0. The number of halogens is 6. The SMILES string of the molecule is CC1(C(=O)N2CCN(c3ccc(C(F)(F)F)cc3)CC2)CC(S(N)(=O)=O)=CC=C1OCC(F)(F)F. The third-order valence-electron chi connectivity index (χ3n) is 5.85. The van der Waals surface area contributed by atoms with Crippen LogP contribution in [0, 0.1) is 5.41 Å². The van der Waals surface area contributed by atoms with Gasteiger partial charge in [-0.25, -0.2) is 13.6 Å². The molecule has 1 amide bonds. The first-order valence-electron chi connectivity index (χ1n) is 10.4. The van der Waals surface area contributed by atoms with Crippen molar-refractivity contribution in [2.45, 2.75) is 25.7 Å². The summed E-state index contributed by atoms with van der Waals surface area (Å²) in [6.45, 7) is 0.327. The van der Waals surface area contributed by atoms with Crippen LogP contribution in [0.2, 0.25) is 0 Å². The zero-order valence-electron chi connectivity index (χ0n) is 18.5. The van der Waals surface area contributed by atoms with Crippen molar-refractivity contribution in [3.8, 4) is 0 Å². The van der Waals surface area contributed by atoms with Crippen LogP contribution < -0.4 is 10.0 Å². The van der Waals surface area contributed by atoms with Gasteiger partial charge in [0.05, 0.1) is 10.5 Å². The third kappa shape index (κ3) is 6.28. The van der Waals surface area contributed by atoms with E-state index in [4.69, 9.17) is 9.88 Å². The summed E-state index contributed by atoms with van der Waals surface area (Å²) in [5.74, 6) is -0.982. The number of carbonyl (C=O) groups excluding carboxylic acids is 1. The second-order valence-electron chi connectivity index (χ2n) is 8.45. The molecule has 0 saturated carbocycles. The number of hydrogen-bond acceptors (Lipinski definition) is 5. The zero-order chi connectivity index (χ0) is 26.2. The Balaban J connectivity index is 1.75. The summed E-state index contributed by atoms with van der Waals surface area (Å²) in [7, 11) is -4.21. The lowest BCUT2D eigenvalue weighted by atomic mass is 9.79. The lowest BCUT2D eigenvalue weighted by Crippen LogP contribution is -2.54. The second-order valence-corrected chi connectivity index (χ2v) is 10.1. The van der Waals surface area contributed by atoms with Gasteiger partial charge in [-0.2, -0.15) is 26.3 Å². The molecule has 1 atom stereocenters. The van der Waals surface area contributed by atoms with Gasteiger partial charge in [-0.3, -0.25) is 4.79 Å². The molecule has 1 fully saturated rings. The summed E-state index contributed by atoms with van der Waals surface area (Å²) in [5.41, 5.74) is -2.03. The van der Waals surface area contributed by atoms with Gasteiger partial charge in [0.2, 0.25) is 15.9 Å². The summed E-state index contributed by atoms with van der Waals surface area (Å²) in [6, 6.07) is 4.54. The predicted molar refractivity (Wildman–Crippen MR) is 114 cm³/mol. The molecule has 0 radical (unpaired) electrons. The lowest BCUT2D eigenvalue weighted by Gasteiger charge is -2.42. The predicted octanol–water partition coefficient (Wildman–Crippen LogP) is 3.40. The van der Waals surface area contributed by atoms with E-state index in [9.17, 15) is 39.6 Å². The molecule has 7 nitrogen and oxygen atoms in total. The number of anilines is 1. The van der Waals surface area contributed by atoms with E-state index in [0.717, 1.165) is 24.3 Å². The Labute approximate surface area is 197 Å². The lowest BCUT2D eigenvalue weighted by molar-refractivity contribution is -0.171. The Kier molecular flexibility index (Phi) is 7.19. The largest absolute Gasteiger partial charge is 0.487 e. The van der Waals surface area contributed by atoms with Gasteiger partial charge in [-0.05, 0) is 43.3 Å². The molecule has 1 aromatic rings. The van der Waals surface area contributed by atoms with Crippen molar-refractivity contribution in [3.05, 3.63) is 52.6 Å². The number of amides is 1. The monoisotopic (exact) mass is 527 g/mol. The van der Waals surface area contributed by atoms with E-state index in [0.29, 0.717) is 5.69 Å². The molecule has 14 heteroatoms. The maximum Gasteiger partial charge on any atom is 0.422 e. The number of primary sulfonamides is 1. The number of nitrogens with two attached hydrogens (primary N) is 1. The van der Waals surface area contributed by atoms with Crippen molar-refractivity contribution in [1.29, 1.82) is 0 Å². The first-order chi connectivity index (χ1) is 16.0. The number of piperazine rings is 1. The van der Waals surface area contributed by atoms with Crippen LogP contribution >= 0.6 is 0 Å². The molecule has 2 aliphatic rings. The molecule has 2 N–H and O–H groups in total. The van der Waals surface area contributed by atoms with E-state index in [1.165, 1.54) is 24.0 Å². The minimum atomic E-state index is -4.68. The van der Waals surface area contributed by atoms with Crippen molar-refractivity contribution >= 4 is 21.6 Å². The van der Waals surface area contributed by atoms with Crippen molar-refractivity contribution in [1.82, 2.24) is 4.90 Å². The highest BCUT2D eigenvalue weighted by molar-refractivity contribution is 7.93. The molecule has 1 aliphatic carbocycles. The van der Waals surface area contributed by atoms with E-state index >= 15 is 0 Å². The third-order valence-corrected chi connectivity index (χ3v) is 6.86. The number of benzene rings is 1. The molecule has 35 heavy (non-hydrogen) atoms. The molecule has 1 saturated heterocycles. The van der Waals surface area contributed by atoms with Crippen molar-refractivity contribution in [2.24, 2.45) is 10.6 Å². The number of carbonyl (C=O) groups is 1. The Morgan fingerprint density at radius 1 is 1.03 bits per heavy atom. The van der Waals surface area contributed by atoms with Gasteiger partial charge in [0.25, 0.3) is 0 Å². The number of alkyl halides is 6. The van der Waals surface area contributed by atoms with E-state index in [1.807, 2.05) is 0 Å². The van der Waals surface area contributed by atoms with Gasteiger partial charge >= 0.3 is 12.4 Å². The van der Waals surface area contributed by atoms with Crippen LogP contribution in [-0.4, -0.2) is 58.2 Å². The topological polar surface area (TPSA) is 92.9 Å². The fourth-order valence-electron chi connectivity index (χ4n) is 3.97. The maximum atomic E-state index is 13.4. The number of rotatable bonds is 5. The van der Waals surface area contributed by atoms with E-state index in [-0.39, 0.29) is 36.8 Å². The number of nitrogens with zero attached hydrogens (tertiary/aromatic N) is 2. The zero-order valence-corrected chi connectivity index (χ0v) is 19.3. The fourth-order valence-corrected chi connectivity index (χ4v) is 4.72. The van der Waals surface area contributed by atoms with Gasteiger partial charge in [0.15, 0.2) is 6.61 Å². The van der Waals surface area contributed by atoms with Gasteiger partial charge in [0.1, 0.15) is 11.2 Å². The Hall–Kier alpha value is -2.74. The minimum absolute atomic E-state index is 0.108. The van der Waals surface area contributed by atoms with Gasteiger partial charge in [-0.1, -0.05) is 0 Å². The molecule has 194 valence electrons. The highest BCUT2D eigenvalue weighted by atomic mass is 32.2. The van der Waals surface area contributed by atoms with Crippen molar-refractivity contribution < 1.29 is 44.3 Å². The molecule has 0 spiro atoms. The highest BCUT2D eigenvalue weighted by Gasteiger charge is 2.47. The molecule has 1 aliphatic heterocycles. The van der Waals surface area contributed by atoms with Crippen molar-refractivity contribution in [3.63, 3.8) is 0 Å². The van der Waals surface area contributed by atoms with E-state index in [1.54, 1.807) is 4.90 Å². The molecule has 0 bridgehead atoms. The Bertz CT molecular complexity index is 1120. The first kappa shape index (κ1) is 26.9.